The number of nitrogens with zero attached hydrogens (tertiary/aromatic N) is 3. The molecule has 2 heterocycles. The lowest BCUT2D eigenvalue weighted by atomic mass is 10.1. The summed E-state index contributed by atoms with van der Waals surface area (Å²) in [6.07, 6.45) is 2.66. The fourth-order valence-corrected chi connectivity index (χ4v) is 4.06. The molecule has 0 radical (unpaired) electrons. The van der Waals surface area contributed by atoms with E-state index in [9.17, 15) is 9.18 Å². The molecule has 1 amide bonds. The van der Waals surface area contributed by atoms with E-state index < -0.39 is 0 Å². The van der Waals surface area contributed by atoms with E-state index in [0.29, 0.717) is 33.7 Å². The van der Waals surface area contributed by atoms with Gasteiger partial charge in [-0.3, -0.25) is 4.79 Å². The van der Waals surface area contributed by atoms with Gasteiger partial charge in [-0.25, -0.2) is 14.1 Å². The summed E-state index contributed by atoms with van der Waals surface area (Å²) in [5, 5.41) is 7.94. The van der Waals surface area contributed by atoms with Gasteiger partial charge in [0, 0.05) is 6.07 Å². The van der Waals surface area contributed by atoms with E-state index in [4.69, 9.17) is 4.74 Å². The molecule has 0 saturated carbocycles. The molecule has 0 atom stereocenters. The van der Waals surface area contributed by atoms with Gasteiger partial charge in [0.1, 0.15) is 33.9 Å². The Kier molecular flexibility index (Phi) is 6.61. The van der Waals surface area contributed by atoms with Gasteiger partial charge < -0.3 is 10.1 Å². The monoisotopic (exact) mass is 450 g/mol. The molecule has 164 valence electrons. The number of carbonyl (C=O) groups is 1. The Morgan fingerprint density at radius 1 is 1.09 bits per heavy atom. The van der Waals surface area contributed by atoms with Crippen molar-refractivity contribution in [1.82, 2.24) is 14.8 Å². The molecule has 0 spiro atoms. The number of rotatable bonds is 8. The highest BCUT2D eigenvalue weighted by atomic mass is 32.1. The number of aromatic nitrogens is 3. The highest BCUT2D eigenvalue weighted by molar-refractivity contribution is 7.13. The Bertz CT molecular complexity index is 1200. The first-order valence-corrected chi connectivity index (χ1v) is 11.1. The molecule has 0 bridgehead atoms. The van der Waals surface area contributed by atoms with Crippen molar-refractivity contribution in [3.8, 4) is 5.75 Å². The zero-order chi connectivity index (χ0) is 22.5. The molecule has 0 aliphatic rings. The molecular formula is C24H23FN4O2S. The molecule has 1 N–H and O–H groups in total. The normalized spacial score (nSPS) is 10.8. The zero-order valence-corrected chi connectivity index (χ0v) is 18.7. The molecule has 0 fully saturated rings. The van der Waals surface area contributed by atoms with Crippen molar-refractivity contribution < 1.29 is 13.9 Å². The van der Waals surface area contributed by atoms with Crippen molar-refractivity contribution in [3.05, 3.63) is 93.3 Å². The van der Waals surface area contributed by atoms with E-state index in [-0.39, 0.29) is 18.3 Å². The summed E-state index contributed by atoms with van der Waals surface area (Å²) in [6.45, 7) is 4.68. The van der Waals surface area contributed by atoms with Crippen LogP contribution in [0.3, 0.4) is 0 Å². The van der Waals surface area contributed by atoms with Crippen LogP contribution in [0.2, 0.25) is 0 Å². The fourth-order valence-electron chi connectivity index (χ4n) is 3.19. The summed E-state index contributed by atoms with van der Waals surface area (Å²) in [4.78, 5) is 17.8. The van der Waals surface area contributed by atoms with Gasteiger partial charge in [0.25, 0.3) is 5.91 Å². The number of ether oxygens (including phenoxy) is 1. The standard InChI is InChI=1S/C24H23FN4O2S/c1-3-17-4-6-18(7-5-17)14-29-21(12-13-26-29)28-24(30)23-16(2)27-22(32-23)15-31-20-10-8-19(25)9-11-20/h4-13H,3,14-15H2,1-2H3,(H,28,30). The highest BCUT2D eigenvalue weighted by Gasteiger charge is 2.17. The van der Waals surface area contributed by atoms with Gasteiger partial charge >= 0.3 is 0 Å². The van der Waals surface area contributed by atoms with Crippen molar-refractivity contribution in [1.29, 1.82) is 0 Å². The number of hydrogen-bond donors (Lipinski definition) is 1. The van der Waals surface area contributed by atoms with Crippen LogP contribution in [0, 0.1) is 12.7 Å². The van der Waals surface area contributed by atoms with Crippen molar-refractivity contribution in [2.24, 2.45) is 0 Å². The highest BCUT2D eigenvalue weighted by Crippen LogP contribution is 2.22. The van der Waals surface area contributed by atoms with Crippen molar-refractivity contribution in [3.63, 3.8) is 0 Å². The van der Waals surface area contributed by atoms with Crippen LogP contribution < -0.4 is 10.1 Å². The van der Waals surface area contributed by atoms with Gasteiger partial charge in [0.2, 0.25) is 0 Å². The van der Waals surface area contributed by atoms with Crippen molar-refractivity contribution in [2.75, 3.05) is 5.32 Å². The van der Waals surface area contributed by atoms with Gasteiger partial charge in [0.05, 0.1) is 18.4 Å². The van der Waals surface area contributed by atoms with Crippen molar-refractivity contribution >= 4 is 23.1 Å². The Morgan fingerprint density at radius 2 is 1.81 bits per heavy atom. The maximum absolute atomic E-state index is 13.0. The second-order valence-corrected chi connectivity index (χ2v) is 8.35. The summed E-state index contributed by atoms with van der Waals surface area (Å²) in [5.41, 5.74) is 3.02. The molecule has 0 aliphatic carbocycles. The molecule has 32 heavy (non-hydrogen) atoms. The number of thiazole rings is 1. The second-order valence-electron chi connectivity index (χ2n) is 7.26. The lowest BCUT2D eigenvalue weighted by molar-refractivity contribution is 0.102. The lowest BCUT2D eigenvalue weighted by Crippen LogP contribution is -2.16. The van der Waals surface area contributed by atoms with Crippen LogP contribution in [-0.4, -0.2) is 20.7 Å². The summed E-state index contributed by atoms with van der Waals surface area (Å²) in [7, 11) is 0. The van der Waals surface area contributed by atoms with Gasteiger partial charge in [-0.2, -0.15) is 5.10 Å². The van der Waals surface area contributed by atoms with Gasteiger partial charge in [-0.1, -0.05) is 31.2 Å². The van der Waals surface area contributed by atoms with Crippen LogP contribution >= 0.6 is 11.3 Å². The van der Waals surface area contributed by atoms with Crippen LogP contribution in [0.1, 0.15) is 38.4 Å². The number of nitrogens with one attached hydrogen (secondary N) is 1. The molecule has 2 aromatic carbocycles. The van der Waals surface area contributed by atoms with Gasteiger partial charge in [-0.15, -0.1) is 11.3 Å². The number of anilines is 1. The summed E-state index contributed by atoms with van der Waals surface area (Å²) < 4.78 is 20.4. The second kappa shape index (κ2) is 9.74. The Labute approximate surface area is 189 Å². The number of benzene rings is 2. The predicted molar refractivity (Wildman–Crippen MR) is 123 cm³/mol. The third kappa shape index (κ3) is 5.20. The smallest absolute Gasteiger partial charge is 0.268 e. The summed E-state index contributed by atoms with van der Waals surface area (Å²) in [6, 6.07) is 15.9. The number of carbonyl (C=O) groups excluding carboxylic acids is 1. The quantitative estimate of drug-likeness (QED) is 0.399. The third-order valence-electron chi connectivity index (χ3n) is 4.94. The molecule has 0 saturated heterocycles. The third-order valence-corrected chi connectivity index (χ3v) is 6.07. The molecular weight excluding hydrogens is 427 g/mol. The maximum atomic E-state index is 13.0. The number of aryl methyl sites for hydroxylation is 2. The molecule has 0 unspecified atom stereocenters. The SMILES string of the molecule is CCc1ccc(Cn2nccc2NC(=O)c2sc(COc3ccc(F)cc3)nc2C)cc1. The molecule has 6 nitrogen and oxygen atoms in total. The minimum absolute atomic E-state index is 0.204. The lowest BCUT2D eigenvalue weighted by Gasteiger charge is -2.09. The first-order chi connectivity index (χ1) is 15.5. The van der Waals surface area contributed by atoms with Crippen LogP contribution in [0.5, 0.6) is 5.75 Å². The average Bonchev–Trinajstić information content (AvgIpc) is 3.39. The zero-order valence-electron chi connectivity index (χ0n) is 17.8. The van der Waals surface area contributed by atoms with E-state index in [0.717, 1.165) is 12.0 Å². The summed E-state index contributed by atoms with van der Waals surface area (Å²) in [5.74, 6) is 0.599. The fraction of sp³-hybridized carbons (Fsp3) is 0.208. The van der Waals surface area contributed by atoms with Crippen LogP contribution in [0.25, 0.3) is 0 Å². The molecule has 4 rings (SSSR count). The molecule has 2 aromatic heterocycles. The van der Waals surface area contributed by atoms with Crippen LogP contribution in [0.4, 0.5) is 10.2 Å². The van der Waals surface area contributed by atoms with Crippen molar-refractivity contribution in [2.45, 2.75) is 33.4 Å². The average molecular weight is 451 g/mol. The largest absolute Gasteiger partial charge is 0.486 e. The Morgan fingerprint density at radius 3 is 2.53 bits per heavy atom. The van der Waals surface area contributed by atoms with Gasteiger partial charge in [0.15, 0.2) is 0 Å². The first kappa shape index (κ1) is 21.7. The topological polar surface area (TPSA) is 69.0 Å². The van der Waals surface area contributed by atoms with Crippen LogP contribution in [0.15, 0.2) is 60.8 Å². The molecule has 0 aliphatic heterocycles. The minimum Gasteiger partial charge on any atom is -0.486 e. The van der Waals surface area contributed by atoms with Gasteiger partial charge in [-0.05, 0) is 48.7 Å². The van der Waals surface area contributed by atoms with E-state index in [1.54, 1.807) is 36.0 Å². The molecule has 8 heteroatoms. The predicted octanol–water partition coefficient (Wildman–Crippen LogP) is 5.23. The van der Waals surface area contributed by atoms with E-state index in [2.05, 4.69) is 46.6 Å². The van der Waals surface area contributed by atoms with E-state index >= 15 is 0 Å². The van der Waals surface area contributed by atoms with E-state index in [1.807, 2.05) is 0 Å². The Hall–Kier alpha value is -3.52. The summed E-state index contributed by atoms with van der Waals surface area (Å²) >= 11 is 1.27. The number of hydrogen-bond acceptors (Lipinski definition) is 5. The number of amides is 1. The van der Waals surface area contributed by atoms with Crippen LogP contribution in [-0.2, 0) is 19.6 Å². The first-order valence-electron chi connectivity index (χ1n) is 10.3. The van der Waals surface area contributed by atoms with E-state index in [1.165, 1.54) is 29.0 Å². The Balaban J connectivity index is 1.41. The minimum atomic E-state index is -0.321. The molecule has 4 aromatic rings. The maximum Gasteiger partial charge on any atom is 0.268 e. The number of halogens is 1.